The summed E-state index contributed by atoms with van der Waals surface area (Å²) in [6.07, 6.45) is 3.01. The highest BCUT2D eigenvalue weighted by atomic mass is 16.2. The van der Waals surface area contributed by atoms with Gasteiger partial charge in [-0.1, -0.05) is 6.07 Å². The van der Waals surface area contributed by atoms with Crippen LogP contribution in [0, 0.1) is 0 Å². The maximum Gasteiger partial charge on any atom is 0.234 e. The minimum Gasteiger partial charge on any atom is -0.334 e. The van der Waals surface area contributed by atoms with E-state index in [4.69, 9.17) is 0 Å². The molecule has 96 valence electrons. The Morgan fingerprint density at radius 2 is 2.22 bits per heavy atom. The molecule has 0 radical (unpaired) electrons. The summed E-state index contributed by atoms with van der Waals surface area (Å²) < 4.78 is 1.98. The van der Waals surface area contributed by atoms with Gasteiger partial charge in [0.1, 0.15) is 0 Å². The molecule has 0 spiro atoms. The number of carbonyl (C=O) groups is 1. The summed E-state index contributed by atoms with van der Waals surface area (Å²) in [5.41, 5.74) is 5.95. The Bertz CT molecular complexity index is 559. The molecule has 0 bridgehead atoms. The van der Waals surface area contributed by atoms with Crippen LogP contribution < -0.4 is 5.43 Å². The zero-order chi connectivity index (χ0) is 13.1. The third-order valence-corrected chi connectivity index (χ3v) is 2.78. The van der Waals surface area contributed by atoms with Crippen LogP contribution in [0.3, 0.4) is 0 Å². The van der Waals surface area contributed by atoms with E-state index in [0.717, 1.165) is 23.0 Å². The van der Waals surface area contributed by atoms with Gasteiger partial charge < -0.3 is 4.57 Å². The van der Waals surface area contributed by atoms with Gasteiger partial charge in [0.25, 0.3) is 0 Å². The summed E-state index contributed by atoms with van der Waals surface area (Å²) in [7, 11) is 5.58. The van der Waals surface area contributed by atoms with Crippen molar-refractivity contribution in [3.8, 4) is 0 Å². The SMILES string of the molecule is CN(C)NC(=O)CCc1ccc2c(c1)ncn2C. The number of amides is 1. The van der Waals surface area contributed by atoms with Gasteiger partial charge in [0.2, 0.25) is 5.91 Å². The summed E-state index contributed by atoms with van der Waals surface area (Å²) >= 11 is 0. The summed E-state index contributed by atoms with van der Waals surface area (Å²) in [4.78, 5) is 15.8. The van der Waals surface area contributed by atoms with Crippen LogP contribution in [0.2, 0.25) is 0 Å². The van der Waals surface area contributed by atoms with Gasteiger partial charge in [0, 0.05) is 27.6 Å². The molecular weight excluding hydrogens is 228 g/mol. The average Bonchev–Trinajstić information content (AvgIpc) is 2.67. The van der Waals surface area contributed by atoms with Gasteiger partial charge >= 0.3 is 0 Å². The molecule has 0 aliphatic heterocycles. The Kier molecular flexibility index (Phi) is 3.62. The monoisotopic (exact) mass is 246 g/mol. The molecule has 0 aliphatic carbocycles. The Hall–Kier alpha value is -1.88. The Balaban J connectivity index is 2.02. The summed E-state index contributed by atoms with van der Waals surface area (Å²) in [6.45, 7) is 0. The summed E-state index contributed by atoms with van der Waals surface area (Å²) in [5.74, 6) is 0.0288. The number of nitrogens with zero attached hydrogens (tertiary/aromatic N) is 3. The molecule has 1 N–H and O–H groups in total. The number of nitrogens with one attached hydrogen (secondary N) is 1. The van der Waals surface area contributed by atoms with Crippen molar-refractivity contribution in [2.75, 3.05) is 14.1 Å². The Morgan fingerprint density at radius 1 is 1.44 bits per heavy atom. The van der Waals surface area contributed by atoms with Crippen molar-refractivity contribution < 1.29 is 4.79 Å². The number of fused-ring (bicyclic) bond motifs is 1. The molecule has 1 aromatic carbocycles. The van der Waals surface area contributed by atoms with Crippen molar-refractivity contribution in [1.82, 2.24) is 20.0 Å². The number of benzene rings is 1. The first-order valence-corrected chi connectivity index (χ1v) is 5.93. The molecule has 1 heterocycles. The Morgan fingerprint density at radius 3 is 2.94 bits per heavy atom. The van der Waals surface area contributed by atoms with Crippen LogP contribution in [-0.2, 0) is 18.3 Å². The molecule has 0 saturated carbocycles. The first-order valence-electron chi connectivity index (χ1n) is 5.93. The Labute approximate surface area is 106 Å². The lowest BCUT2D eigenvalue weighted by molar-refractivity contribution is -0.124. The van der Waals surface area contributed by atoms with Crippen LogP contribution in [0.15, 0.2) is 24.5 Å². The van der Waals surface area contributed by atoms with Gasteiger partial charge in [-0.15, -0.1) is 0 Å². The van der Waals surface area contributed by atoms with Gasteiger partial charge in [0.15, 0.2) is 0 Å². The van der Waals surface area contributed by atoms with Crippen LogP contribution >= 0.6 is 0 Å². The standard InChI is InChI=1S/C13H18N4O/c1-16(2)15-13(18)7-5-10-4-6-12-11(8-10)14-9-17(12)3/h4,6,8-9H,5,7H2,1-3H3,(H,15,18). The van der Waals surface area contributed by atoms with E-state index >= 15 is 0 Å². The van der Waals surface area contributed by atoms with E-state index in [1.54, 1.807) is 25.4 Å². The lowest BCUT2D eigenvalue weighted by Gasteiger charge is -2.11. The topological polar surface area (TPSA) is 50.2 Å². The van der Waals surface area contributed by atoms with Gasteiger partial charge in [0.05, 0.1) is 17.4 Å². The van der Waals surface area contributed by atoms with Crippen molar-refractivity contribution in [1.29, 1.82) is 0 Å². The van der Waals surface area contributed by atoms with Gasteiger partial charge in [-0.05, 0) is 24.1 Å². The molecule has 1 amide bonds. The minimum absolute atomic E-state index is 0.0288. The molecule has 5 nitrogen and oxygen atoms in total. The highest BCUT2D eigenvalue weighted by Crippen LogP contribution is 2.14. The number of aromatic nitrogens is 2. The molecular formula is C13H18N4O. The molecule has 18 heavy (non-hydrogen) atoms. The fraction of sp³-hybridized carbons (Fsp3) is 0.385. The van der Waals surface area contributed by atoms with Crippen LogP contribution in [-0.4, -0.2) is 34.6 Å². The van der Waals surface area contributed by atoms with Crippen LogP contribution in [0.25, 0.3) is 11.0 Å². The molecule has 1 aromatic heterocycles. The fourth-order valence-corrected chi connectivity index (χ4v) is 1.90. The highest BCUT2D eigenvalue weighted by molar-refractivity contribution is 5.77. The van der Waals surface area contributed by atoms with Crippen LogP contribution in [0.4, 0.5) is 0 Å². The second kappa shape index (κ2) is 5.18. The van der Waals surface area contributed by atoms with Crippen LogP contribution in [0.1, 0.15) is 12.0 Å². The number of hydrogen-bond acceptors (Lipinski definition) is 3. The number of hydrogen-bond donors (Lipinski definition) is 1. The molecule has 0 unspecified atom stereocenters. The lowest BCUT2D eigenvalue weighted by Crippen LogP contribution is -2.36. The zero-order valence-corrected chi connectivity index (χ0v) is 11.0. The van der Waals surface area contributed by atoms with Crippen LogP contribution in [0.5, 0.6) is 0 Å². The van der Waals surface area contributed by atoms with Crippen molar-refractivity contribution in [3.63, 3.8) is 0 Å². The third kappa shape index (κ3) is 2.87. The number of carbonyl (C=O) groups excluding carboxylic acids is 1. The minimum atomic E-state index is 0.0288. The molecule has 0 atom stereocenters. The third-order valence-electron chi connectivity index (χ3n) is 2.78. The highest BCUT2D eigenvalue weighted by Gasteiger charge is 2.05. The van der Waals surface area contributed by atoms with E-state index in [0.29, 0.717) is 6.42 Å². The number of hydrazine groups is 1. The van der Waals surface area contributed by atoms with E-state index in [1.807, 2.05) is 29.8 Å². The quantitative estimate of drug-likeness (QED) is 0.822. The average molecular weight is 246 g/mol. The first-order chi connectivity index (χ1) is 8.56. The molecule has 2 aromatic rings. The molecule has 2 rings (SSSR count). The van der Waals surface area contributed by atoms with Crippen molar-refractivity contribution in [2.24, 2.45) is 7.05 Å². The largest absolute Gasteiger partial charge is 0.334 e. The fourth-order valence-electron chi connectivity index (χ4n) is 1.90. The molecule has 0 fully saturated rings. The molecule has 0 aliphatic rings. The lowest BCUT2D eigenvalue weighted by atomic mass is 10.1. The van der Waals surface area contributed by atoms with E-state index in [-0.39, 0.29) is 5.91 Å². The summed E-state index contributed by atoms with van der Waals surface area (Å²) in [5, 5.41) is 1.66. The smallest absolute Gasteiger partial charge is 0.234 e. The van der Waals surface area contributed by atoms with E-state index in [2.05, 4.69) is 10.4 Å². The normalized spacial score (nSPS) is 11.1. The predicted molar refractivity (Wildman–Crippen MR) is 70.9 cm³/mol. The van der Waals surface area contributed by atoms with Crippen molar-refractivity contribution >= 4 is 16.9 Å². The van der Waals surface area contributed by atoms with Crippen molar-refractivity contribution in [3.05, 3.63) is 30.1 Å². The van der Waals surface area contributed by atoms with Gasteiger partial charge in [-0.2, -0.15) is 0 Å². The van der Waals surface area contributed by atoms with E-state index < -0.39 is 0 Å². The second-order valence-electron chi connectivity index (χ2n) is 4.61. The predicted octanol–water partition coefficient (Wildman–Crippen LogP) is 1.10. The number of imidazole rings is 1. The van der Waals surface area contributed by atoms with E-state index in [1.165, 1.54) is 0 Å². The molecule has 5 heteroatoms. The summed E-state index contributed by atoms with van der Waals surface area (Å²) in [6, 6.07) is 6.13. The van der Waals surface area contributed by atoms with E-state index in [9.17, 15) is 4.79 Å². The number of rotatable bonds is 4. The zero-order valence-electron chi connectivity index (χ0n) is 11.0. The molecule has 0 saturated heterocycles. The van der Waals surface area contributed by atoms with Gasteiger partial charge in [-0.3, -0.25) is 10.2 Å². The van der Waals surface area contributed by atoms with Gasteiger partial charge in [-0.25, -0.2) is 9.99 Å². The maximum atomic E-state index is 11.5. The first kappa shape index (κ1) is 12.6. The second-order valence-corrected chi connectivity index (χ2v) is 4.61. The van der Waals surface area contributed by atoms with Crippen molar-refractivity contribution in [2.45, 2.75) is 12.8 Å². The number of aryl methyl sites for hydroxylation is 2. The maximum absolute atomic E-state index is 11.5.